The molecule has 4 aliphatic rings. The number of phenols is 1. The number of Topliss-reactive ketones (excluding diaryl/α,β-unsaturated/α-hetero) is 2. The summed E-state index contributed by atoms with van der Waals surface area (Å²) in [5.74, 6) is -7.72. The number of fused-ring (bicyclic) bond motifs is 4. The number of carbonyl (C=O) groups is 3. The number of carbonyl (C=O) groups excluding carboxylic acids is 3. The first-order valence-electron chi connectivity index (χ1n) is 13.1. The van der Waals surface area contributed by atoms with Crippen molar-refractivity contribution in [3.8, 4) is 5.75 Å². The fraction of sp³-hybridized carbons (Fsp3) is 0.536. The Hall–Kier alpha value is -3.28. The molecular weight excluding hydrogens is 509 g/mol. The number of aliphatic hydroxyl groups excluding tert-OH is 2. The van der Waals surface area contributed by atoms with Crippen LogP contribution in [0, 0.1) is 23.6 Å². The molecule has 10 nitrogen and oxygen atoms in total. The second kappa shape index (κ2) is 8.87. The minimum atomic E-state index is -2.72. The Bertz CT molecular complexity index is 1400. The number of rotatable bonds is 4. The molecule has 0 unspecified atom stereocenters. The SMILES string of the molecule is CC(C)[C@@H](C)N1Cc2c(O)c3c(c(F)c2C1)C[C@H]1C[C@H]2[C@H](N(C)C)C(O)=C(C(N)=O)C(=O)[C@@]2(O)C(O)=C1C3=O. The number of primary amides is 1. The molecule has 0 bridgehead atoms. The summed E-state index contributed by atoms with van der Waals surface area (Å²) < 4.78 is 16.0. The fourth-order valence-electron chi connectivity index (χ4n) is 6.95. The van der Waals surface area contributed by atoms with Gasteiger partial charge in [-0.05, 0) is 45.7 Å². The molecule has 5 atom stereocenters. The number of ketones is 2. The van der Waals surface area contributed by atoms with Crippen LogP contribution >= 0.6 is 0 Å². The molecule has 0 radical (unpaired) electrons. The molecule has 39 heavy (non-hydrogen) atoms. The van der Waals surface area contributed by atoms with Gasteiger partial charge in [-0.3, -0.25) is 24.2 Å². The third kappa shape index (κ3) is 3.52. The average Bonchev–Trinajstić information content (AvgIpc) is 3.29. The van der Waals surface area contributed by atoms with Crippen LogP contribution in [0.5, 0.6) is 5.75 Å². The van der Waals surface area contributed by atoms with Crippen LogP contribution in [0.2, 0.25) is 0 Å². The molecule has 5 rings (SSSR count). The largest absolute Gasteiger partial charge is 0.510 e. The number of aromatic hydroxyl groups is 1. The Labute approximate surface area is 225 Å². The molecule has 1 aromatic carbocycles. The summed E-state index contributed by atoms with van der Waals surface area (Å²) in [5, 5.41) is 45.1. The van der Waals surface area contributed by atoms with Gasteiger partial charge >= 0.3 is 0 Å². The lowest BCUT2D eigenvalue weighted by Gasteiger charge is -2.50. The van der Waals surface area contributed by atoms with E-state index in [0.29, 0.717) is 11.1 Å². The quantitative estimate of drug-likeness (QED) is 0.355. The van der Waals surface area contributed by atoms with Crippen molar-refractivity contribution in [2.45, 2.75) is 64.4 Å². The maximum absolute atomic E-state index is 16.0. The van der Waals surface area contributed by atoms with Crippen molar-refractivity contribution in [3.05, 3.63) is 50.7 Å². The van der Waals surface area contributed by atoms with Crippen LogP contribution in [0.4, 0.5) is 4.39 Å². The first kappa shape index (κ1) is 27.3. The summed E-state index contributed by atoms with van der Waals surface area (Å²) in [6, 6.07) is -1.01. The molecule has 1 aromatic rings. The molecule has 0 saturated carbocycles. The number of aliphatic hydroxyl groups is 3. The predicted molar refractivity (Wildman–Crippen MR) is 137 cm³/mol. The molecule has 210 valence electrons. The highest BCUT2D eigenvalue weighted by Gasteiger charge is 2.63. The smallest absolute Gasteiger partial charge is 0.255 e. The van der Waals surface area contributed by atoms with E-state index in [-0.39, 0.29) is 60.3 Å². The van der Waals surface area contributed by atoms with Crippen molar-refractivity contribution < 1.29 is 39.2 Å². The number of amides is 1. The summed E-state index contributed by atoms with van der Waals surface area (Å²) in [7, 11) is 3.11. The molecule has 0 aromatic heterocycles. The third-order valence-electron chi connectivity index (χ3n) is 9.30. The number of phenolic OH excluding ortho intramolecular Hbond substituents is 1. The van der Waals surface area contributed by atoms with E-state index in [9.17, 15) is 34.8 Å². The zero-order chi connectivity index (χ0) is 28.9. The van der Waals surface area contributed by atoms with Gasteiger partial charge in [0.25, 0.3) is 5.91 Å². The van der Waals surface area contributed by atoms with E-state index in [4.69, 9.17) is 5.73 Å². The Balaban J connectivity index is 1.67. The molecule has 3 aliphatic carbocycles. The summed E-state index contributed by atoms with van der Waals surface area (Å²) >= 11 is 0. The predicted octanol–water partition coefficient (Wildman–Crippen LogP) is 1.62. The minimum absolute atomic E-state index is 0.0309. The highest BCUT2D eigenvalue weighted by atomic mass is 19.1. The van der Waals surface area contributed by atoms with Crippen molar-refractivity contribution >= 4 is 17.5 Å². The van der Waals surface area contributed by atoms with Crippen molar-refractivity contribution in [2.24, 2.45) is 23.5 Å². The van der Waals surface area contributed by atoms with Crippen molar-refractivity contribution in [2.75, 3.05) is 14.1 Å². The van der Waals surface area contributed by atoms with E-state index in [0.717, 1.165) is 0 Å². The van der Waals surface area contributed by atoms with Crippen molar-refractivity contribution in [1.82, 2.24) is 9.80 Å². The van der Waals surface area contributed by atoms with Gasteiger partial charge in [0.2, 0.25) is 5.78 Å². The van der Waals surface area contributed by atoms with Gasteiger partial charge in [-0.1, -0.05) is 13.8 Å². The molecule has 1 aliphatic heterocycles. The zero-order valence-corrected chi connectivity index (χ0v) is 22.6. The molecule has 0 saturated heterocycles. The van der Waals surface area contributed by atoms with Crippen LogP contribution in [0.25, 0.3) is 0 Å². The molecule has 6 N–H and O–H groups in total. The summed E-state index contributed by atoms with van der Waals surface area (Å²) in [6.45, 7) is 6.62. The van der Waals surface area contributed by atoms with E-state index in [1.54, 1.807) is 14.1 Å². The highest BCUT2D eigenvalue weighted by Crippen LogP contribution is 2.53. The third-order valence-corrected chi connectivity index (χ3v) is 9.30. The van der Waals surface area contributed by atoms with Crippen molar-refractivity contribution in [3.63, 3.8) is 0 Å². The number of likely N-dealkylation sites (N-methyl/N-ethyl adjacent to an activating group) is 1. The normalized spacial score (nSPS) is 29.5. The molecule has 1 amide bonds. The second-order valence-corrected chi connectivity index (χ2v) is 11.8. The van der Waals surface area contributed by atoms with E-state index < -0.39 is 63.9 Å². The van der Waals surface area contributed by atoms with Crippen molar-refractivity contribution in [1.29, 1.82) is 0 Å². The minimum Gasteiger partial charge on any atom is -0.510 e. The zero-order valence-electron chi connectivity index (χ0n) is 22.6. The van der Waals surface area contributed by atoms with Crippen LogP contribution in [0.1, 0.15) is 54.2 Å². The molecule has 0 spiro atoms. The Morgan fingerprint density at radius 2 is 1.72 bits per heavy atom. The first-order valence-corrected chi connectivity index (χ1v) is 13.1. The Morgan fingerprint density at radius 1 is 1.10 bits per heavy atom. The highest BCUT2D eigenvalue weighted by molar-refractivity contribution is 6.24. The van der Waals surface area contributed by atoms with Crippen LogP contribution in [-0.4, -0.2) is 79.5 Å². The first-order chi connectivity index (χ1) is 18.1. The van der Waals surface area contributed by atoms with Gasteiger partial charge in [0, 0.05) is 47.3 Å². The number of nitrogens with zero attached hydrogens (tertiary/aromatic N) is 2. The van der Waals surface area contributed by atoms with Gasteiger partial charge in [-0.2, -0.15) is 0 Å². The number of hydrogen-bond acceptors (Lipinski definition) is 9. The molecular formula is C28H34FN3O7. The summed E-state index contributed by atoms with van der Waals surface area (Å²) in [4.78, 5) is 42.8. The summed E-state index contributed by atoms with van der Waals surface area (Å²) in [5.41, 5.74) is 1.85. The number of allylic oxidation sites excluding steroid dienone is 1. The molecule has 11 heteroatoms. The van der Waals surface area contributed by atoms with E-state index in [1.165, 1.54) is 4.90 Å². The van der Waals surface area contributed by atoms with Gasteiger partial charge in [0.05, 0.1) is 11.6 Å². The van der Waals surface area contributed by atoms with Gasteiger partial charge in [-0.25, -0.2) is 4.39 Å². The molecule has 0 fully saturated rings. The fourth-order valence-corrected chi connectivity index (χ4v) is 6.95. The van der Waals surface area contributed by atoms with Gasteiger partial charge in [0.1, 0.15) is 28.7 Å². The molecule has 1 heterocycles. The Morgan fingerprint density at radius 3 is 2.28 bits per heavy atom. The number of halogens is 1. The lowest BCUT2D eigenvalue weighted by Crippen LogP contribution is -2.63. The van der Waals surface area contributed by atoms with Crippen LogP contribution in [-0.2, 0) is 29.1 Å². The van der Waals surface area contributed by atoms with Crippen LogP contribution < -0.4 is 5.73 Å². The monoisotopic (exact) mass is 543 g/mol. The van der Waals surface area contributed by atoms with E-state index in [2.05, 4.69) is 0 Å². The number of benzene rings is 1. The van der Waals surface area contributed by atoms with Gasteiger partial charge in [-0.15, -0.1) is 0 Å². The van der Waals surface area contributed by atoms with Crippen LogP contribution in [0.3, 0.4) is 0 Å². The number of nitrogens with two attached hydrogens (primary N) is 1. The maximum atomic E-state index is 16.0. The number of hydrogen-bond donors (Lipinski definition) is 5. The standard InChI is InChI=1S/C28H34FN3O7/c1-10(2)11(3)32-8-14-15(9-32)22(33)18-13(20(14)29)6-12-7-16-21(31(4)5)24(35)19(27(30)38)26(37)28(16,39)25(36)17(12)23(18)34/h10-12,16,21,33,35-36,39H,6-9H2,1-5H3,(H2,30,38)/t11-,12+,16+,21+,28+/m1/s1. The summed E-state index contributed by atoms with van der Waals surface area (Å²) in [6.07, 6.45) is -0.152. The van der Waals surface area contributed by atoms with Crippen LogP contribution in [0.15, 0.2) is 22.7 Å². The van der Waals surface area contributed by atoms with E-state index >= 15 is 4.39 Å². The van der Waals surface area contributed by atoms with Gasteiger partial charge < -0.3 is 26.2 Å². The lowest BCUT2D eigenvalue weighted by atomic mass is 9.58. The lowest BCUT2D eigenvalue weighted by molar-refractivity contribution is -0.148. The second-order valence-electron chi connectivity index (χ2n) is 11.8. The Kier molecular flexibility index (Phi) is 6.21. The maximum Gasteiger partial charge on any atom is 0.255 e. The van der Waals surface area contributed by atoms with E-state index in [1.807, 2.05) is 25.7 Å². The average molecular weight is 544 g/mol. The topological polar surface area (TPSA) is 165 Å². The van der Waals surface area contributed by atoms with Gasteiger partial charge in [0.15, 0.2) is 11.4 Å².